The van der Waals surface area contributed by atoms with Crippen molar-refractivity contribution in [3.8, 4) is 0 Å². The summed E-state index contributed by atoms with van der Waals surface area (Å²) in [6, 6.07) is 19.6. The highest BCUT2D eigenvalue weighted by Crippen LogP contribution is 2.36. The van der Waals surface area contributed by atoms with Crippen LogP contribution in [-0.2, 0) is 11.2 Å². The smallest absolute Gasteiger partial charge is 0.261 e. The summed E-state index contributed by atoms with van der Waals surface area (Å²) < 4.78 is 5.47. The lowest BCUT2D eigenvalue weighted by Gasteiger charge is -2.32. The van der Waals surface area contributed by atoms with E-state index in [-0.39, 0.29) is 11.8 Å². The molecule has 5 rings (SSSR count). The average molecular weight is 386 g/mol. The Morgan fingerprint density at radius 2 is 1.52 bits per heavy atom. The fourth-order valence-electron chi connectivity index (χ4n) is 4.30. The van der Waals surface area contributed by atoms with Crippen LogP contribution in [0, 0.1) is 0 Å². The van der Waals surface area contributed by atoms with Gasteiger partial charge >= 0.3 is 0 Å². The molecule has 3 aromatic carbocycles. The number of nitrogens with zero attached hydrogens (tertiary/aromatic N) is 2. The third kappa shape index (κ3) is 3.08. The third-order valence-corrected chi connectivity index (χ3v) is 5.79. The second-order valence-corrected chi connectivity index (χ2v) is 7.46. The van der Waals surface area contributed by atoms with Gasteiger partial charge in [0.15, 0.2) is 0 Å². The maximum absolute atomic E-state index is 13.2. The van der Waals surface area contributed by atoms with Gasteiger partial charge in [-0.3, -0.25) is 14.5 Å². The number of hydrogen-bond donors (Lipinski definition) is 0. The second-order valence-electron chi connectivity index (χ2n) is 7.46. The van der Waals surface area contributed by atoms with Crippen molar-refractivity contribution >= 4 is 28.3 Å². The van der Waals surface area contributed by atoms with E-state index in [9.17, 15) is 9.59 Å². The first-order valence-electron chi connectivity index (χ1n) is 10.0. The molecule has 5 heteroatoms. The van der Waals surface area contributed by atoms with E-state index in [2.05, 4.69) is 4.90 Å². The van der Waals surface area contributed by atoms with Crippen LogP contribution in [0.1, 0.15) is 26.3 Å². The fourth-order valence-corrected chi connectivity index (χ4v) is 4.30. The number of amides is 2. The van der Waals surface area contributed by atoms with Crippen LogP contribution in [0.25, 0.3) is 10.8 Å². The Bertz CT molecular complexity index is 1070. The summed E-state index contributed by atoms with van der Waals surface area (Å²) in [7, 11) is 0. The quantitative estimate of drug-likeness (QED) is 0.644. The molecular formula is C24H22N2O3. The highest BCUT2D eigenvalue weighted by molar-refractivity contribution is 6.26. The maximum Gasteiger partial charge on any atom is 0.261 e. The molecule has 1 fully saturated rings. The van der Waals surface area contributed by atoms with Crippen molar-refractivity contribution in [1.82, 2.24) is 4.90 Å². The number of carbonyl (C=O) groups excluding carboxylic acids is 2. The predicted molar refractivity (Wildman–Crippen MR) is 112 cm³/mol. The molecule has 0 unspecified atom stereocenters. The van der Waals surface area contributed by atoms with Crippen LogP contribution in [-0.4, -0.2) is 49.6 Å². The molecule has 0 aliphatic carbocycles. The number of anilines is 1. The number of benzene rings is 3. The molecule has 0 aromatic heterocycles. The number of imide groups is 1. The van der Waals surface area contributed by atoms with Crippen LogP contribution in [0.15, 0.2) is 60.7 Å². The van der Waals surface area contributed by atoms with E-state index in [1.165, 1.54) is 4.90 Å². The monoisotopic (exact) mass is 386 g/mol. The first-order valence-corrected chi connectivity index (χ1v) is 10.0. The first-order chi connectivity index (χ1) is 14.2. The summed E-state index contributed by atoms with van der Waals surface area (Å²) in [4.78, 5) is 30.0. The minimum absolute atomic E-state index is 0.205. The largest absolute Gasteiger partial charge is 0.378 e. The maximum atomic E-state index is 13.2. The van der Waals surface area contributed by atoms with Crippen molar-refractivity contribution in [2.45, 2.75) is 6.42 Å². The van der Waals surface area contributed by atoms with Gasteiger partial charge in [-0.2, -0.15) is 0 Å². The molecule has 0 spiro atoms. The Labute approximate surface area is 169 Å². The van der Waals surface area contributed by atoms with Gasteiger partial charge in [0.25, 0.3) is 11.8 Å². The molecule has 2 aliphatic heterocycles. The summed E-state index contributed by atoms with van der Waals surface area (Å²) >= 11 is 0. The molecule has 2 aliphatic rings. The van der Waals surface area contributed by atoms with Crippen molar-refractivity contribution in [2.75, 3.05) is 37.7 Å². The van der Waals surface area contributed by atoms with Gasteiger partial charge in [0.1, 0.15) is 0 Å². The lowest BCUT2D eigenvalue weighted by molar-refractivity contribution is 0.0612. The summed E-state index contributed by atoms with van der Waals surface area (Å²) in [5, 5.41) is 1.74. The molecule has 2 heterocycles. The van der Waals surface area contributed by atoms with Crippen LogP contribution >= 0.6 is 0 Å². The van der Waals surface area contributed by atoms with Crippen molar-refractivity contribution < 1.29 is 14.3 Å². The van der Waals surface area contributed by atoms with Gasteiger partial charge in [-0.25, -0.2) is 0 Å². The van der Waals surface area contributed by atoms with E-state index in [0.717, 1.165) is 35.1 Å². The zero-order valence-electron chi connectivity index (χ0n) is 16.1. The highest BCUT2D eigenvalue weighted by atomic mass is 16.5. The van der Waals surface area contributed by atoms with E-state index < -0.39 is 0 Å². The minimum atomic E-state index is -0.205. The number of hydrogen-bond acceptors (Lipinski definition) is 4. The van der Waals surface area contributed by atoms with Gasteiger partial charge in [-0.1, -0.05) is 42.5 Å². The molecule has 1 saturated heterocycles. The van der Waals surface area contributed by atoms with E-state index in [1.807, 2.05) is 60.7 Å². The molecule has 3 aromatic rings. The van der Waals surface area contributed by atoms with Crippen LogP contribution in [0.3, 0.4) is 0 Å². The van der Waals surface area contributed by atoms with E-state index in [0.29, 0.717) is 37.3 Å². The van der Waals surface area contributed by atoms with Gasteiger partial charge in [-0.05, 0) is 30.2 Å². The summed E-state index contributed by atoms with van der Waals surface area (Å²) in [5.41, 5.74) is 3.40. The SMILES string of the molecule is O=C1c2cccc3c(N4CCOCC4)ccc(c23)C(=O)N1CCc1ccccc1. The Morgan fingerprint density at radius 3 is 2.28 bits per heavy atom. The van der Waals surface area contributed by atoms with Crippen molar-refractivity contribution in [1.29, 1.82) is 0 Å². The number of carbonyl (C=O) groups is 2. The second kappa shape index (κ2) is 7.33. The van der Waals surface area contributed by atoms with E-state index in [1.54, 1.807) is 0 Å². The first kappa shape index (κ1) is 17.9. The van der Waals surface area contributed by atoms with Crippen LogP contribution < -0.4 is 4.90 Å². The zero-order valence-corrected chi connectivity index (χ0v) is 16.1. The van der Waals surface area contributed by atoms with Crippen molar-refractivity contribution in [3.05, 3.63) is 77.4 Å². The lowest BCUT2D eigenvalue weighted by atomic mass is 9.92. The molecular weight excluding hydrogens is 364 g/mol. The molecule has 0 atom stereocenters. The Hall–Kier alpha value is -3.18. The van der Waals surface area contributed by atoms with Crippen molar-refractivity contribution in [2.24, 2.45) is 0 Å². The van der Waals surface area contributed by atoms with Gasteiger partial charge < -0.3 is 9.64 Å². The molecule has 5 nitrogen and oxygen atoms in total. The molecule has 2 amide bonds. The van der Waals surface area contributed by atoms with E-state index >= 15 is 0 Å². The van der Waals surface area contributed by atoms with Gasteiger partial charge in [-0.15, -0.1) is 0 Å². The Kier molecular flexibility index (Phi) is 4.52. The van der Waals surface area contributed by atoms with Crippen LogP contribution in [0.5, 0.6) is 0 Å². The molecule has 0 N–H and O–H groups in total. The predicted octanol–water partition coefficient (Wildman–Crippen LogP) is 3.52. The summed E-state index contributed by atoms with van der Waals surface area (Å²) in [6.07, 6.45) is 0.648. The molecule has 0 radical (unpaired) electrons. The fraction of sp³-hybridized carbons (Fsp3) is 0.250. The molecule has 29 heavy (non-hydrogen) atoms. The number of rotatable bonds is 4. The van der Waals surface area contributed by atoms with Gasteiger partial charge in [0.05, 0.1) is 13.2 Å². The third-order valence-electron chi connectivity index (χ3n) is 5.79. The van der Waals surface area contributed by atoms with E-state index in [4.69, 9.17) is 4.74 Å². The van der Waals surface area contributed by atoms with Gasteiger partial charge in [0, 0.05) is 47.2 Å². The van der Waals surface area contributed by atoms with Crippen LogP contribution in [0.2, 0.25) is 0 Å². The number of morpholine rings is 1. The average Bonchev–Trinajstić information content (AvgIpc) is 2.78. The van der Waals surface area contributed by atoms with Crippen LogP contribution in [0.4, 0.5) is 5.69 Å². The normalized spacial score (nSPS) is 16.6. The molecule has 146 valence electrons. The topological polar surface area (TPSA) is 49.9 Å². The minimum Gasteiger partial charge on any atom is -0.378 e. The van der Waals surface area contributed by atoms with Crippen molar-refractivity contribution in [3.63, 3.8) is 0 Å². The zero-order chi connectivity index (χ0) is 19.8. The Morgan fingerprint density at radius 1 is 0.793 bits per heavy atom. The molecule has 0 saturated carbocycles. The summed E-state index contributed by atoms with van der Waals surface area (Å²) in [5.74, 6) is -0.411. The lowest BCUT2D eigenvalue weighted by Crippen LogP contribution is -2.42. The summed E-state index contributed by atoms with van der Waals surface area (Å²) in [6.45, 7) is 3.37. The number of ether oxygens (including phenoxy) is 1. The standard InChI is InChI=1S/C24H22N2O3/c27-23-19-8-4-7-18-21(25-13-15-29-16-14-25)10-9-20(22(18)19)24(28)26(23)12-11-17-5-2-1-3-6-17/h1-10H,11-16H2. The van der Waals surface area contributed by atoms with Gasteiger partial charge in [0.2, 0.25) is 0 Å². The Balaban J connectivity index is 1.52. The molecule has 0 bridgehead atoms. The highest BCUT2D eigenvalue weighted by Gasteiger charge is 2.33.